The molecule has 1 fully saturated rings. The minimum Gasteiger partial charge on any atom is -0.373 e. The Morgan fingerprint density at radius 3 is 2.62 bits per heavy atom. The van der Waals surface area contributed by atoms with Crippen LogP contribution >= 0.6 is 0 Å². The zero-order valence-corrected chi connectivity index (χ0v) is 4.81. The molecule has 0 radical (unpaired) electrons. The SMILES string of the molecule is C.CCCCC1CO1. The van der Waals surface area contributed by atoms with Crippen molar-refractivity contribution in [1.29, 1.82) is 0 Å². The van der Waals surface area contributed by atoms with Crippen LogP contribution in [0.5, 0.6) is 0 Å². The maximum absolute atomic E-state index is 5.01. The molecular formula is C7H16O. The highest BCUT2D eigenvalue weighted by molar-refractivity contribution is 4.67. The van der Waals surface area contributed by atoms with Crippen molar-refractivity contribution in [2.75, 3.05) is 6.61 Å². The molecule has 0 aromatic carbocycles. The molecule has 0 amide bonds. The molecule has 1 nitrogen and oxygen atoms in total. The molecule has 0 aromatic rings. The Balaban J connectivity index is 0.000000490. The van der Waals surface area contributed by atoms with Crippen LogP contribution in [0.1, 0.15) is 33.6 Å². The monoisotopic (exact) mass is 116 g/mol. The summed E-state index contributed by atoms with van der Waals surface area (Å²) >= 11 is 0. The molecule has 8 heavy (non-hydrogen) atoms. The second-order valence-electron chi connectivity index (χ2n) is 2.10. The molecule has 1 atom stereocenters. The third-order valence-corrected chi connectivity index (χ3v) is 1.28. The van der Waals surface area contributed by atoms with E-state index >= 15 is 0 Å². The molecule has 0 spiro atoms. The van der Waals surface area contributed by atoms with E-state index in [4.69, 9.17) is 4.74 Å². The second kappa shape index (κ2) is 3.90. The Morgan fingerprint density at radius 2 is 2.25 bits per heavy atom. The summed E-state index contributed by atoms with van der Waals surface area (Å²) in [5.41, 5.74) is 0. The molecule has 1 heterocycles. The summed E-state index contributed by atoms with van der Waals surface area (Å²) in [4.78, 5) is 0. The summed E-state index contributed by atoms with van der Waals surface area (Å²) in [6, 6.07) is 0. The first kappa shape index (κ1) is 7.96. The summed E-state index contributed by atoms with van der Waals surface area (Å²) in [6.07, 6.45) is 4.58. The van der Waals surface area contributed by atoms with Crippen molar-refractivity contribution in [3.63, 3.8) is 0 Å². The summed E-state index contributed by atoms with van der Waals surface area (Å²) in [5.74, 6) is 0. The number of rotatable bonds is 3. The average molecular weight is 116 g/mol. The van der Waals surface area contributed by atoms with E-state index in [9.17, 15) is 0 Å². The standard InChI is InChI=1S/C6H12O.CH4/c1-2-3-4-6-5-7-6;/h6H,2-5H2,1H3;1H4. The Morgan fingerprint density at radius 1 is 1.62 bits per heavy atom. The Bertz CT molecular complexity index is 48.3. The zero-order valence-electron chi connectivity index (χ0n) is 4.81. The zero-order chi connectivity index (χ0) is 5.11. The van der Waals surface area contributed by atoms with Crippen molar-refractivity contribution in [1.82, 2.24) is 0 Å². The maximum atomic E-state index is 5.01. The summed E-state index contributed by atoms with van der Waals surface area (Å²) in [7, 11) is 0. The predicted molar refractivity (Wildman–Crippen MR) is 36.0 cm³/mol. The van der Waals surface area contributed by atoms with Crippen molar-refractivity contribution in [2.45, 2.75) is 39.7 Å². The summed E-state index contributed by atoms with van der Waals surface area (Å²) in [5, 5.41) is 0. The van der Waals surface area contributed by atoms with Crippen LogP contribution < -0.4 is 0 Å². The first-order valence-electron chi connectivity index (χ1n) is 3.05. The highest BCUT2D eigenvalue weighted by Gasteiger charge is 2.20. The van der Waals surface area contributed by atoms with Crippen molar-refractivity contribution in [3.05, 3.63) is 0 Å². The van der Waals surface area contributed by atoms with Crippen LogP contribution in [0, 0.1) is 0 Å². The van der Waals surface area contributed by atoms with E-state index in [1.807, 2.05) is 0 Å². The third-order valence-electron chi connectivity index (χ3n) is 1.28. The van der Waals surface area contributed by atoms with Crippen molar-refractivity contribution >= 4 is 0 Å². The molecule has 50 valence electrons. The molecule has 1 rings (SSSR count). The number of hydrogen-bond acceptors (Lipinski definition) is 1. The Labute approximate surface area is 52.0 Å². The predicted octanol–water partition coefficient (Wildman–Crippen LogP) is 2.21. The van der Waals surface area contributed by atoms with Gasteiger partial charge in [-0.05, 0) is 6.42 Å². The molecule has 0 saturated carbocycles. The lowest BCUT2D eigenvalue weighted by molar-refractivity contribution is 0.391. The molecule has 1 saturated heterocycles. The van der Waals surface area contributed by atoms with Crippen molar-refractivity contribution < 1.29 is 4.74 Å². The second-order valence-corrected chi connectivity index (χ2v) is 2.10. The fraction of sp³-hybridized carbons (Fsp3) is 1.00. The van der Waals surface area contributed by atoms with E-state index in [0.717, 1.165) is 6.61 Å². The van der Waals surface area contributed by atoms with Gasteiger partial charge in [0.1, 0.15) is 0 Å². The Hall–Kier alpha value is -0.0400. The molecule has 0 N–H and O–H groups in total. The maximum Gasteiger partial charge on any atom is 0.0810 e. The van der Waals surface area contributed by atoms with Crippen LogP contribution in [0.15, 0.2) is 0 Å². The fourth-order valence-electron chi connectivity index (χ4n) is 0.667. The van der Waals surface area contributed by atoms with Gasteiger partial charge >= 0.3 is 0 Å². The highest BCUT2D eigenvalue weighted by Crippen LogP contribution is 2.15. The van der Waals surface area contributed by atoms with Crippen LogP contribution in [0.4, 0.5) is 0 Å². The summed E-state index contributed by atoms with van der Waals surface area (Å²) < 4.78 is 5.01. The number of epoxide rings is 1. The van der Waals surface area contributed by atoms with Crippen LogP contribution in [-0.4, -0.2) is 12.7 Å². The summed E-state index contributed by atoms with van der Waals surface area (Å²) in [6.45, 7) is 3.24. The van der Waals surface area contributed by atoms with Crippen LogP contribution in [0.25, 0.3) is 0 Å². The number of unbranched alkanes of at least 4 members (excludes halogenated alkanes) is 1. The first-order chi connectivity index (χ1) is 3.43. The average Bonchev–Trinajstić information content (AvgIpc) is 2.42. The van der Waals surface area contributed by atoms with Gasteiger partial charge in [0.25, 0.3) is 0 Å². The van der Waals surface area contributed by atoms with E-state index in [1.165, 1.54) is 19.3 Å². The smallest absolute Gasteiger partial charge is 0.0810 e. The molecular weight excluding hydrogens is 100 g/mol. The largest absolute Gasteiger partial charge is 0.373 e. The van der Waals surface area contributed by atoms with E-state index in [2.05, 4.69) is 6.92 Å². The molecule has 1 aliphatic heterocycles. The lowest BCUT2D eigenvalue weighted by Gasteiger charge is -1.86. The molecule has 0 aromatic heterocycles. The third kappa shape index (κ3) is 3.03. The molecule has 1 aliphatic rings. The van der Waals surface area contributed by atoms with Gasteiger partial charge < -0.3 is 4.74 Å². The Kier molecular flexibility index (Phi) is 3.88. The number of hydrogen-bond donors (Lipinski definition) is 0. The van der Waals surface area contributed by atoms with Gasteiger partial charge in [0.05, 0.1) is 12.7 Å². The van der Waals surface area contributed by atoms with Gasteiger partial charge in [0, 0.05) is 0 Å². The van der Waals surface area contributed by atoms with Gasteiger partial charge in [-0.2, -0.15) is 0 Å². The van der Waals surface area contributed by atoms with Crippen LogP contribution in [0.2, 0.25) is 0 Å². The lowest BCUT2D eigenvalue weighted by Crippen LogP contribution is -1.81. The van der Waals surface area contributed by atoms with Gasteiger partial charge in [0.15, 0.2) is 0 Å². The van der Waals surface area contributed by atoms with Gasteiger partial charge in [-0.15, -0.1) is 0 Å². The van der Waals surface area contributed by atoms with E-state index in [0.29, 0.717) is 6.10 Å². The van der Waals surface area contributed by atoms with Crippen molar-refractivity contribution in [2.24, 2.45) is 0 Å². The molecule has 1 heteroatoms. The van der Waals surface area contributed by atoms with Gasteiger partial charge in [-0.1, -0.05) is 27.2 Å². The normalized spacial score (nSPS) is 24.4. The molecule has 0 bridgehead atoms. The van der Waals surface area contributed by atoms with E-state index in [-0.39, 0.29) is 7.43 Å². The van der Waals surface area contributed by atoms with E-state index in [1.54, 1.807) is 0 Å². The lowest BCUT2D eigenvalue weighted by atomic mass is 10.2. The van der Waals surface area contributed by atoms with E-state index < -0.39 is 0 Å². The van der Waals surface area contributed by atoms with Crippen LogP contribution in [-0.2, 0) is 4.74 Å². The quantitative estimate of drug-likeness (QED) is 0.515. The van der Waals surface area contributed by atoms with Gasteiger partial charge in [0.2, 0.25) is 0 Å². The fourth-order valence-corrected chi connectivity index (χ4v) is 0.667. The van der Waals surface area contributed by atoms with Gasteiger partial charge in [-0.3, -0.25) is 0 Å². The number of ether oxygens (including phenoxy) is 1. The minimum atomic E-state index is 0. The first-order valence-corrected chi connectivity index (χ1v) is 3.05. The molecule has 0 aliphatic carbocycles. The van der Waals surface area contributed by atoms with Crippen LogP contribution in [0.3, 0.4) is 0 Å². The minimum absolute atomic E-state index is 0. The van der Waals surface area contributed by atoms with Crippen molar-refractivity contribution in [3.8, 4) is 0 Å². The van der Waals surface area contributed by atoms with Gasteiger partial charge in [-0.25, -0.2) is 0 Å². The highest BCUT2D eigenvalue weighted by atomic mass is 16.6. The molecule has 1 unspecified atom stereocenters. The topological polar surface area (TPSA) is 12.5 Å².